The summed E-state index contributed by atoms with van der Waals surface area (Å²) < 4.78 is 0. The molecule has 1 atom stereocenters. The van der Waals surface area contributed by atoms with Gasteiger partial charge in [0.1, 0.15) is 17.8 Å². The SMILES string of the molecule is Cc1c[nH]c2ncnc(N3CCN(C(=O)C(CN(C)C)c4ccc(Cl)cc4)CC3)c12.Cl.Cl. The van der Waals surface area contributed by atoms with Crippen LogP contribution in [0.2, 0.25) is 5.02 Å². The molecule has 0 aliphatic carbocycles. The van der Waals surface area contributed by atoms with Crippen LogP contribution in [0.3, 0.4) is 0 Å². The molecule has 32 heavy (non-hydrogen) atoms. The van der Waals surface area contributed by atoms with Gasteiger partial charge in [-0.3, -0.25) is 4.79 Å². The van der Waals surface area contributed by atoms with E-state index in [2.05, 4.69) is 31.7 Å². The lowest BCUT2D eigenvalue weighted by atomic mass is 9.96. The second kappa shape index (κ2) is 11.2. The Morgan fingerprint density at radius 3 is 2.41 bits per heavy atom. The minimum Gasteiger partial charge on any atom is -0.352 e. The van der Waals surface area contributed by atoms with Gasteiger partial charge in [-0.1, -0.05) is 23.7 Å². The van der Waals surface area contributed by atoms with Gasteiger partial charge in [0.05, 0.1) is 11.3 Å². The van der Waals surface area contributed by atoms with Crippen molar-refractivity contribution >= 4 is 59.2 Å². The van der Waals surface area contributed by atoms with Crippen LogP contribution in [0.15, 0.2) is 36.8 Å². The lowest BCUT2D eigenvalue weighted by Gasteiger charge is -2.37. The van der Waals surface area contributed by atoms with Crippen LogP contribution in [0.4, 0.5) is 5.82 Å². The number of aromatic nitrogens is 3. The van der Waals surface area contributed by atoms with E-state index in [1.54, 1.807) is 6.33 Å². The number of carbonyl (C=O) groups excluding carboxylic acids is 1. The first kappa shape index (κ1) is 26.2. The van der Waals surface area contributed by atoms with E-state index in [-0.39, 0.29) is 36.6 Å². The Kier molecular flexibility index (Phi) is 9.16. The first-order valence-corrected chi connectivity index (χ1v) is 10.5. The predicted octanol–water partition coefficient (Wildman–Crippen LogP) is 3.76. The lowest BCUT2D eigenvalue weighted by Crippen LogP contribution is -2.51. The van der Waals surface area contributed by atoms with Gasteiger partial charge in [0.2, 0.25) is 5.91 Å². The molecule has 3 heterocycles. The average Bonchev–Trinajstić information content (AvgIpc) is 3.13. The highest BCUT2D eigenvalue weighted by Crippen LogP contribution is 2.27. The van der Waals surface area contributed by atoms with E-state index in [0.29, 0.717) is 24.7 Å². The fourth-order valence-electron chi connectivity index (χ4n) is 4.08. The minimum atomic E-state index is -0.207. The summed E-state index contributed by atoms with van der Waals surface area (Å²) in [5.74, 6) is 0.895. The number of amides is 1. The molecule has 1 unspecified atom stereocenters. The number of anilines is 1. The fraction of sp³-hybridized carbons (Fsp3) is 0.409. The second-order valence-corrected chi connectivity index (χ2v) is 8.51. The Bertz CT molecular complexity index is 1030. The Balaban J connectivity index is 0.00000181. The van der Waals surface area contributed by atoms with Crippen molar-refractivity contribution in [3.05, 3.63) is 52.9 Å². The molecular weight excluding hydrogens is 471 g/mol. The Labute approximate surface area is 206 Å². The lowest BCUT2D eigenvalue weighted by molar-refractivity contribution is -0.133. The van der Waals surface area contributed by atoms with Gasteiger partial charge in [0, 0.05) is 43.9 Å². The molecule has 2 aromatic heterocycles. The van der Waals surface area contributed by atoms with Crippen molar-refractivity contribution in [3.8, 4) is 0 Å². The molecule has 174 valence electrons. The number of nitrogens with one attached hydrogen (secondary N) is 1. The molecule has 0 bridgehead atoms. The van der Waals surface area contributed by atoms with Gasteiger partial charge >= 0.3 is 0 Å². The Morgan fingerprint density at radius 2 is 1.78 bits per heavy atom. The maximum Gasteiger partial charge on any atom is 0.231 e. The van der Waals surface area contributed by atoms with E-state index in [4.69, 9.17) is 11.6 Å². The smallest absolute Gasteiger partial charge is 0.231 e. The molecule has 0 spiro atoms. The van der Waals surface area contributed by atoms with Crippen molar-refractivity contribution in [2.45, 2.75) is 12.8 Å². The van der Waals surface area contributed by atoms with Gasteiger partial charge in [0.15, 0.2) is 0 Å². The highest BCUT2D eigenvalue weighted by molar-refractivity contribution is 6.30. The van der Waals surface area contributed by atoms with Crippen LogP contribution >= 0.6 is 36.4 Å². The van der Waals surface area contributed by atoms with Crippen molar-refractivity contribution in [2.75, 3.05) is 51.7 Å². The van der Waals surface area contributed by atoms with Gasteiger partial charge in [-0.05, 0) is 44.3 Å². The summed E-state index contributed by atoms with van der Waals surface area (Å²) in [5, 5.41) is 1.74. The van der Waals surface area contributed by atoms with Crippen LogP contribution in [0.5, 0.6) is 0 Å². The molecule has 10 heteroatoms. The number of aryl methyl sites for hydroxylation is 1. The summed E-state index contributed by atoms with van der Waals surface area (Å²) in [5.41, 5.74) is 2.98. The number of halogens is 3. The number of hydrogen-bond donors (Lipinski definition) is 1. The number of fused-ring (bicyclic) bond motifs is 1. The molecule has 0 saturated carbocycles. The van der Waals surface area contributed by atoms with Gasteiger partial charge in [-0.25, -0.2) is 9.97 Å². The first-order valence-electron chi connectivity index (χ1n) is 10.2. The molecule has 1 saturated heterocycles. The first-order chi connectivity index (χ1) is 14.4. The topological polar surface area (TPSA) is 68.4 Å². The van der Waals surface area contributed by atoms with Gasteiger partial charge < -0.3 is 19.7 Å². The molecule has 1 amide bonds. The molecule has 7 nitrogen and oxygen atoms in total. The number of hydrogen-bond acceptors (Lipinski definition) is 5. The molecular formula is C22H29Cl3N6O. The van der Waals surface area contributed by atoms with Crippen LogP contribution in [0, 0.1) is 6.92 Å². The van der Waals surface area contributed by atoms with E-state index >= 15 is 0 Å². The summed E-state index contributed by atoms with van der Waals surface area (Å²) in [6.07, 6.45) is 3.55. The van der Waals surface area contributed by atoms with E-state index < -0.39 is 0 Å². The van der Waals surface area contributed by atoms with Gasteiger partial charge in [0.25, 0.3) is 0 Å². The standard InChI is InChI=1S/C22H27ClN6O.2ClH/c1-15-12-24-20-19(15)21(26-14-25-20)28-8-10-29(11-9-28)22(30)18(13-27(2)3)16-4-6-17(23)7-5-16;;/h4-7,12,14,18H,8-11,13H2,1-3H3,(H,24,25,26);2*1H. The zero-order valence-corrected chi connectivity index (χ0v) is 20.8. The highest BCUT2D eigenvalue weighted by Gasteiger charge is 2.30. The number of piperazine rings is 1. The summed E-state index contributed by atoms with van der Waals surface area (Å²) >= 11 is 6.05. The Hall–Kier alpha value is -2.06. The normalized spacial score (nSPS) is 14.8. The number of aromatic amines is 1. The fourth-order valence-corrected chi connectivity index (χ4v) is 4.21. The second-order valence-electron chi connectivity index (χ2n) is 8.07. The van der Waals surface area contributed by atoms with Crippen LogP contribution in [-0.4, -0.2) is 77.5 Å². The van der Waals surface area contributed by atoms with Crippen molar-refractivity contribution in [1.29, 1.82) is 0 Å². The number of benzene rings is 1. The Morgan fingerprint density at radius 1 is 1.12 bits per heavy atom. The van der Waals surface area contributed by atoms with Crippen molar-refractivity contribution in [1.82, 2.24) is 24.8 Å². The van der Waals surface area contributed by atoms with Crippen molar-refractivity contribution in [3.63, 3.8) is 0 Å². The maximum absolute atomic E-state index is 13.4. The van der Waals surface area contributed by atoms with Gasteiger partial charge in [-0.2, -0.15) is 0 Å². The third-order valence-corrected chi connectivity index (χ3v) is 5.91. The average molecular weight is 500 g/mol. The quantitative estimate of drug-likeness (QED) is 0.579. The molecule has 1 aliphatic heterocycles. The van der Waals surface area contributed by atoms with Crippen LogP contribution in [-0.2, 0) is 4.79 Å². The number of H-pyrrole nitrogens is 1. The molecule has 3 aromatic rings. The number of rotatable bonds is 5. The number of nitrogens with zero attached hydrogens (tertiary/aromatic N) is 5. The molecule has 1 N–H and O–H groups in total. The third-order valence-electron chi connectivity index (χ3n) is 5.66. The van der Waals surface area contributed by atoms with Crippen molar-refractivity contribution in [2.24, 2.45) is 0 Å². The molecule has 4 rings (SSSR count). The van der Waals surface area contributed by atoms with Crippen LogP contribution in [0.1, 0.15) is 17.0 Å². The largest absolute Gasteiger partial charge is 0.352 e. The van der Waals surface area contributed by atoms with Gasteiger partial charge in [-0.15, -0.1) is 24.8 Å². The maximum atomic E-state index is 13.4. The van der Waals surface area contributed by atoms with E-state index in [9.17, 15) is 4.79 Å². The third kappa shape index (κ3) is 5.46. The van der Waals surface area contributed by atoms with E-state index in [1.807, 2.05) is 49.5 Å². The zero-order chi connectivity index (χ0) is 21.3. The summed E-state index contributed by atoms with van der Waals surface area (Å²) in [7, 11) is 3.99. The highest BCUT2D eigenvalue weighted by atomic mass is 35.5. The zero-order valence-electron chi connectivity index (χ0n) is 18.4. The van der Waals surface area contributed by atoms with E-state index in [0.717, 1.165) is 41.1 Å². The molecule has 1 fully saturated rings. The molecule has 1 aromatic carbocycles. The minimum absolute atomic E-state index is 0. The summed E-state index contributed by atoms with van der Waals surface area (Å²) in [6, 6.07) is 7.61. The monoisotopic (exact) mass is 498 g/mol. The molecule has 1 aliphatic rings. The summed E-state index contributed by atoms with van der Waals surface area (Å²) in [6.45, 7) is 5.56. The predicted molar refractivity (Wildman–Crippen MR) is 135 cm³/mol. The van der Waals surface area contributed by atoms with Crippen LogP contribution < -0.4 is 4.90 Å². The number of carbonyl (C=O) groups is 1. The van der Waals surface area contributed by atoms with E-state index in [1.165, 1.54) is 0 Å². The molecule has 0 radical (unpaired) electrons. The summed E-state index contributed by atoms with van der Waals surface area (Å²) in [4.78, 5) is 31.7. The number of likely N-dealkylation sites (N-methyl/N-ethyl adjacent to an activating group) is 1. The van der Waals surface area contributed by atoms with Crippen LogP contribution in [0.25, 0.3) is 11.0 Å². The van der Waals surface area contributed by atoms with Crippen molar-refractivity contribution < 1.29 is 4.79 Å².